The van der Waals surface area contributed by atoms with Crippen LogP contribution in [0.1, 0.15) is 19.6 Å². The van der Waals surface area contributed by atoms with Gasteiger partial charge in [-0.2, -0.15) is 0 Å². The van der Waals surface area contributed by atoms with Gasteiger partial charge in [0.05, 0.1) is 12.8 Å². The Morgan fingerprint density at radius 2 is 2.40 bits per heavy atom. The lowest BCUT2D eigenvalue weighted by atomic mass is 10.3. The van der Waals surface area contributed by atoms with Crippen LogP contribution >= 0.6 is 0 Å². The van der Waals surface area contributed by atoms with E-state index in [9.17, 15) is 0 Å². The fourth-order valence-corrected chi connectivity index (χ4v) is 0.718. The molecule has 0 amide bonds. The molecule has 0 aliphatic heterocycles. The van der Waals surface area contributed by atoms with Crippen LogP contribution in [0.25, 0.3) is 0 Å². The minimum absolute atomic E-state index is 0.519. The molecule has 0 saturated heterocycles. The normalized spacial score (nSPS) is 10.7. The lowest BCUT2D eigenvalue weighted by Crippen LogP contribution is -2.21. The van der Waals surface area contributed by atoms with Crippen molar-refractivity contribution < 1.29 is 4.42 Å². The summed E-state index contributed by atoms with van der Waals surface area (Å²) < 4.78 is 5.12. The summed E-state index contributed by atoms with van der Waals surface area (Å²) in [6, 6.07) is 4.39. The van der Waals surface area contributed by atoms with E-state index in [-0.39, 0.29) is 0 Å². The monoisotopic (exact) mass is 139 g/mol. The summed E-state index contributed by atoms with van der Waals surface area (Å²) in [6.07, 6.45) is 1.69. The van der Waals surface area contributed by atoms with Crippen LogP contribution in [0.5, 0.6) is 0 Å². The van der Waals surface area contributed by atoms with E-state index < -0.39 is 0 Å². The van der Waals surface area contributed by atoms with E-state index in [4.69, 9.17) is 4.42 Å². The summed E-state index contributed by atoms with van der Waals surface area (Å²) in [5.74, 6) is 0.994. The van der Waals surface area contributed by atoms with Gasteiger partial charge >= 0.3 is 0 Å². The van der Waals surface area contributed by atoms with E-state index in [0.717, 1.165) is 12.3 Å². The van der Waals surface area contributed by atoms with Gasteiger partial charge in [-0.1, -0.05) is 13.8 Å². The van der Waals surface area contributed by atoms with E-state index in [1.54, 1.807) is 6.26 Å². The van der Waals surface area contributed by atoms with Crippen LogP contribution in [0.2, 0.25) is 0 Å². The van der Waals surface area contributed by atoms with Crippen molar-refractivity contribution in [3.05, 3.63) is 24.2 Å². The number of furan rings is 1. The van der Waals surface area contributed by atoms with Crippen LogP contribution in [0.15, 0.2) is 22.8 Å². The molecule has 0 fully saturated rings. The summed E-state index contributed by atoms with van der Waals surface area (Å²) in [7, 11) is 0. The maximum absolute atomic E-state index is 5.12. The van der Waals surface area contributed by atoms with Crippen LogP contribution in [0, 0.1) is 0 Å². The smallest absolute Gasteiger partial charge is 0.117 e. The number of hydrogen-bond donors (Lipinski definition) is 1. The molecule has 0 spiro atoms. The van der Waals surface area contributed by atoms with Crippen LogP contribution < -0.4 is 5.32 Å². The molecular weight excluding hydrogens is 126 g/mol. The van der Waals surface area contributed by atoms with Gasteiger partial charge in [-0.25, -0.2) is 0 Å². The highest BCUT2D eigenvalue weighted by atomic mass is 16.3. The standard InChI is InChI=1S/C8H13NO/c1-7(2)9-6-8-4-3-5-10-8/h3-5,7,9H,6H2,1-2H3. The first-order chi connectivity index (χ1) is 4.79. The van der Waals surface area contributed by atoms with Gasteiger partial charge in [0.15, 0.2) is 0 Å². The Balaban J connectivity index is 2.28. The van der Waals surface area contributed by atoms with Crippen molar-refractivity contribution in [3.63, 3.8) is 0 Å². The molecule has 1 heterocycles. The Hall–Kier alpha value is -0.760. The minimum atomic E-state index is 0.519. The van der Waals surface area contributed by atoms with Gasteiger partial charge in [-0.05, 0) is 12.1 Å². The molecule has 56 valence electrons. The molecule has 0 radical (unpaired) electrons. The average Bonchev–Trinajstić information content (AvgIpc) is 2.34. The van der Waals surface area contributed by atoms with Gasteiger partial charge in [-0.3, -0.25) is 0 Å². The van der Waals surface area contributed by atoms with Crippen molar-refractivity contribution >= 4 is 0 Å². The molecule has 0 saturated carbocycles. The third-order valence-corrected chi connectivity index (χ3v) is 1.26. The van der Waals surface area contributed by atoms with E-state index >= 15 is 0 Å². The molecule has 2 nitrogen and oxygen atoms in total. The summed E-state index contributed by atoms with van der Waals surface area (Å²) in [4.78, 5) is 0. The maximum Gasteiger partial charge on any atom is 0.117 e. The molecule has 0 bridgehead atoms. The molecular formula is C8H13NO. The molecule has 0 aromatic carbocycles. The summed E-state index contributed by atoms with van der Waals surface area (Å²) in [5.41, 5.74) is 0. The lowest BCUT2D eigenvalue weighted by Gasteiger charge is -2.04. The van der Waals surface area contributed by atoms with Gasteiger partial charge in [0, 0.05) is 6.04 Å². The fourth-order valence-electron chi connectivity index (χ4n) is 0.718. The molecule has 1 aromatic rings. The highest BCUT2D eigenvalue weighted by molar-refractivity contribution is 4.97. The number of nitrogens with one attached hydrogen (secondary N) is 1. The first-order valence-electron chi connectivity index (χ1n) is 3.55. The Morgan fingerprint density at radius 1 is 1.60 bits per heavy atom. The largest absolute Gasteiger partial charge is 0.468 e. The second kappa shape index (κ2) is 3.42. The van der Waals surface area contributed by atoms with E-state index in [2.05, 4.69) is 19.2 Å². The van der Waals surface area contributed by atoms with Crippen molar-refractivity contribution in [3.8, 4) is 0 Å². The third kappa shape index (κ3) is 2.23. The zero-order chi connectivity index (χ0) is 7.40. The van der Waals surface area contributed by atoms with Crippen LogP contribution in [-0.2, 0) is 6.54 Å². The van der Waals surface area contributed by atoms with Crippen LogP contribution in [0.4, 0.5) is 0 Å². The van der Waals surface area contributed by atoms with Crippen molar-refractivity contribution in [2.45, 2.75) is 26.4 Å². The van der Waals surface area contributed by atoms with Crippen molar-refractivity contribution in [2.75, 3.05) is 0 Å². The van der Waals surface area contributed by atoms with Gasteiger partial charge < -0.3 is 9.73 Å². The molecule has 0 aliphatic carbocycles. The van der Waals surface area contributed by atoms with Gasteiger partial charge in [0.2, 0.25) is 0 Å². The summed E-state index contributed by atoms with van der Waals surface area (Å²) >= 11 is 0. The Morgan fingerprint density at radius 3 is 2.90 bits per heavy atom. The molecule has 1 N–H and O–H groups in total. The highest BCUT2D eigenvalue weighted by Gasteiger charge is 1.95. The van der Waals surface area contributed by atoms with Crippen LogP contribution in [-0.4, -0.2) is 6.04 Å². The number of rotatable bonds is 3. The zero-order valence-corrected chi connectivity index (χ0v) is 6.42. The SMILES string of the molecule is CC(C)NCc1ccco1. The Bertz CT molecular complexity index is 167. The molecule has 10 heavy (non-hydrogen) atoms. The molecule has 1 aromatic heterocycles. The molecule has 1 rings (SSSR count). The first kappa shape index (κ1) is 7.35. The van der Waals surface area contributed by atoms with E-state index in [0.29, 0.717) is 6.04 Å². The van der Waals surface area contributed by atoms with Crippen LogP contribution in [0.3, 0.4) is 0 Å². The first-order valence-corrected chi connectivity index (χ1v) is 3.55. The number of hydrogen-bond acceptors (Lipinski definition) is 2. The Labute approximate surface area is 61.2 Å². The van der Waals surface area contributed by atoms with Gasteiger partial charge in [-0.15, -0.1) is 0 Å². The van der Waals surface area contributed by atoms with Crippen molar-refractivity contribution in [2.24, 2.45) is 0 Å². The predicted molar refractivity (Wildman–Crippen MR) is 40.7 cm³/mol. The minimum Gasteiger partial charge on any atom is -0.468 e. The Kier molecular flexibility index (Phi) is 2.51. The molecule has 0 atom stereocenters. The second-order valence-corrected chi connectivity index (χ2v) is 2.61. The molecule has 2 heteroatoms. The quantitative estimate of drug-likeness (QED) is 0.690. The van der Waals surface area contributed by atoms with Gasteiger partial charge in [0.25, 0.3) is 0 Å². The predicted octanol–water partition coefficient (Wildman–Crippen LogP) is 1.78. The molecule has 0 aliphatic rings. The highest BCUT2D eigenvalue weighted by Crippen LogP contribution is 1.98. The van der Waals surface area contributed by atoms with Crippen molar-refractivity contribution in [1.29, 1.82) is 0 Å². The zero-order valence-electron chi connectivity index (χ0n) is 6.42. The average molecular weight is 139 g/mol. The summed E-state index contributed by atoms with van der Waals surface area (Å²) in [5, 5.41) is 3.25. The van der Waals surface area contributed by atoms with E-state index in [1.165, 1.54) is 0 Å². The van der Waals surface area contributed by atoms with Crippen molar-refractivity contribution in [1.82, 2.24) is 5.32 Å². The second-order valence-electron chi connectivity index (χ2n) is 2.61. The fraction of sp³-hybridized carbons (Fsp3) is 0.500. The topological polar surface area (TPSA) is 25.2 Å². The molecule has 0 unspecified atom stereocenters. The summed E-state index contributed by atoms with van der Waals surface area (Å²) in [6.45, 7) is 5.05. The van der Waals surface area contributed by atoms with E-state index in [1.807, 2.05) is 12.1 Å². The third-order valence-electron chi connectivity index (χ3n) is 1.26. The lowest BCUT2D eigenvalue weighted by molar-refractivity contribution is 0.465. The van der Waals surface area contributed by atoms with Gasteiger partial charge in [0.1, 0.15) is 5.76 Å². The maximum atomic E-state index is 5.12.